The predicted octanol–water partition coefficient (Wildman–Crippen LogP) is 2.02. The summed E-state index contributed by atoms with van der Waals surface area (Å²) in [4.78, 5) is 41.1. The first-order valence-electron chi connectivity index (χ1n) is 7.94. The molecule has 0 saturated carbocycles. The number of fused-ring (bicyclic) bond motifs is 1. The third-order valence-electron chi connectivity index (χ3n) is 4.04. The van der Waals surface area contributed by atoms with Gasteiger partial charge in [-0.15, -0.1) is 11.3 Å². The number of rotatable bonds is 5. The molecular formula is C18H17N3O4S. The van der Waals surface area contributed by atoms with Crippen LogP contribution < -0.4 is 10.9 Å². The second-order valence-corrected chi connectivity index (χ2v) is 6.93. The van der Waals surface area contributed by atoms with E-state index in [1.807, 2.05) is 30.3 Å². The largest absolute Gasteiger partial charge is 0.480 e. The minimum Gasteiger partial charge on any atom is -0.480 e. The van der Waals surface area contributed by atoms with E-state index >= 15 is 0 Å². The van der Waals surface area contributed by atoms with Crippen LogP contribution in [0.5, 0.6) is 0 Å². The van der Waals surface area contributed by atoms with E-state index in [0.29, 0.717) is 27.2 Å². The standard InChI is InChI=1S/C18H17N3O4S/c1-10-13-16(26-14(10)15(22)20-11(2)18(24)25)19-9-21(17(13)23)8-12-6-4-3-5-7-12/h3-7,9,11H,8H2,1-2H3,(H,20,22)(H,24,25). The molecule has 134 valence electrons. The molecule has 0 saturated heterocycles. The summed E-state index contributed by atoms with van der Waals surface area (Å²) in [7, 11) is 0. The number of nitrogens with one attached hydrogen (secondary N) is 1. The van der Waals surface area contributed by atoms with Gasteiger partial charge in [0.1, 0.15) is 10.9 Å². The van der Waals surface area contributed by atoms with Crippen molar-refractivity contribution in [1.29, 1.82) is 0 Å². The molecule has 8 heteroatoms. The van der Waals surface area contributed by atoms with Crippen molar-refractivity contribution in [2.24, 2.45) is 0 Å². The topological polar surface area (TPSA) is 101 Å². The molecule has 2 aromatic heterocycles. The molecule has 3 rings (SSSR count). The minimum absolute atomic E-state index is 0.224. The number of amides is 1. The lowest BCUT2D eigenvalue weighted by Gasteiger charge is -2.08. The van der Waals surface area contributed by atoms with Crippen LogP contribution >= 0.6 is 11.3 Å². The van der Waals surface area contributed by atoms with Gasteiger partial charge in [-0.2, -0.15) is 0 Å². The van der Waals surface area contributed by atoms with Gasteiger partial charge < -0.3 is 10.4 Å². The van der Waals surface area contributed by atoms with Gasteiger partial charge in [0.25, 0.3) is 11.5 Å². The summed E-state index contributed by atoms with van der Waals surface area (Å²) in [5.74, 6) is -1.64. The molecule has 1 atom stereocenters. The first-order chi connectivity index (χ1) is 12.4. The van der Waals surface area contributed by atoms with Crippen molar-refractivity contribution in [3.05, 3.63) is 63.0 Å². The Morgan fingerprint density at radius 1 is 1.31 bits per heavy atom. The number of aliphatic carboxylic acids is 1. The molecule has 2 heterocycles. The molecule has 1 amide bonds. The fraction of sp³-hybridized carbons (Fsp3) is 0.222. The van der Waals surface area contributed by atoms with Gasteiger partial charge in [-0.05, 0) is 25.0 Å². The zero-order chi connectivity index (χ0) is 18.8. The van der Waals surface area contributed by atoms with Crippen LogP contribution in [-0.4, -0.2) is 32.6 Å². The molecule has 26 heavy (non-hydrogen) atoms. The number of hydrogen-bond acceptors (Lipinski definition) is 5. The number of carboxylic acid groups (broad SMARTS) is 1. The van der Waals surface area contributed by atoms with Gasteiger partial charge in [-0.3, -0.25) is 19.0 Å². The summed E-state index contributed by atoms with van der Waals surface area (Å²) < 4.78 is 1.50. The lowest BCUT2D eigenvalue weighted by molar-refractivity contribution is -0.138. The lowest BCUT2D eigenvalue weighted by atomic mass is 10.2. The Morgan fingerprint density at radius 3 is 2.65 bits per heavy atom. The predicted molar refractivity (Wildman–Crippen MR) is 98.7 cm³/mol. The zero-order valence-corrected chi connectivity index (χ0v) is 15.0. The Labute approximate surface area is 152 Å². The summed E-state index contributed by atoms with van der Waals surface area (Å²) in [6.45, 7) is 3.44. The maximum Gasteiger partial charge on any atom is 0.325 e. The third-order valence-corrected chi connectivity index (χ3v) is 5.24. The van der Waals surface area contributed by atoms with E-state index in [9.17, 15) is 14.4 Å². The highest BCUT2D eigenvalue weighted by atomic mass is 32.1. The van der Waals surface area contributed by atoms with Crippen LogP contribution in [0.3, 0.4) is 0 Å². The Bertz CT molecular complexity index is 1040. The van der Waals surface area contributed by atoms with Gasteiger partial charge in [0, 0.05) is 0 Å². The number of carbonyl (C=O) groups is 2. The number of hydrogen-bond donors (Lipinski definition) is 2. The van der Waals surface area contributed by atoms with Crippen LogP contribution in [0.1, 0.15) is 27.7 Å². The first-order valence-corrected chi connectivity index (χ1v) is 8.76. The van der Waals surface area contributed by atoms with Crippen molar-refractivity contribution in [3.63, 3.8) is 0 Å². The van der Waals surface area contributed by atoms with Crippen LogP contribution in [0.25, 0.3) is 10.2 Å². The molecule has 0 spiro atoms. The first kappa shape index (κ1) is 17.8. The van der Waals surface area contributed by atoms with E-state index < -0.39 is 17.9 Å². The molecule has 0 aliphatic heterocycles. The van der Waals surface area contributed by atoms with Gasteiger partial charge >= 0.3 is 5.97 Å². The van der Waals surface area contributed by atoms with Crippen LogP contribution in [0.15, 0.2) is 41.5 Å². The molecule has 0 bridgehead atoms. The molecule has 2 N–H and O–H groups in total. The second-order valence-electron chi connectivity index (χ2n) is 5.93. The highest BCUT2D eigenvalue weighted by Crippen LogP contribution is 2.26. The average Bonchev–Trinajstić information content (AvgIpc) is 2.95. The lowest BCUT2D eigenvalue weighted by Crippen LogP contribution is -2.38. The van der Waals surface area contributed by atoms with Gasteiger partial charge in [0.2, 0.25) is 0 Å². The van der Waals surface area contributed by atoms with Crippen molar-refractivity contribution >= 4 is 33.4 Å². The number of aromatic nitrogens is 2. The Kier molecular flexibility index (Phi) is 4.85. The van der Waals surface area contributed by atoms with Crippen LogP contribution in [0.2, 0.25) is 0 Å². The van der Waals surface area contributed by atoms with Gasteiger partial charge in [-0.1, -0.05) is 30.3 Å². The number of aryl methyl sites for hydroxylation is 1. The Balaban J connectivity index is 1.99. The highest BCUT2D eigenvalue weighted by Gasteiger charge is 2.22. The van der Waals surface area contributed by atoms with Crippen molar-refractivity contribution in [3.8, 4) is 0 Å². The number of carboxylic acids is 1. The summed E-state index contributed by atoms with van der Waals surface area (Å²) >= 11 is 1.09. The van der Waals surface area contributed by atoms with Gasteiger partial charge in [0.15, 0.2) is 0 Å². The molecule has 1 unspecified atom stereocenters. The smallest absolute Gasteiger partial charge is 0.325 e. The third kappa shape index (κ3) is 3.36. The molecular weight excluding hydrogens is 354 g/mol. The number of carbonyl (C=O) groups excluding carboxylic acids is 1. The van der Waals surface area contributed by atoms with Crippen LogP contribution in [0, 0.1) is 6.92 Å². The molecule has 1 aromatic carbocycles. The number of nitrogens with zero attached hydrogens (tertiary/aromatic N) is 2. The monoisotopic (exact) mass is 371 g/mol. The van der Waals surface area contributed by atoms with E-state index in [4.69, 9.17) is 5.11 Å². The fourth-order valence-corrected chi connectivity index (χ4v) is 3.63. The number of benzene rings is 1. The van der Waals surface area contributed by atoms with Crippen molar-refractivity contribution in [2.45, 2.75) is 26.4 Å². The minimum atomic E-state index is -1.12. The summed E-state index contributed by atoms with van der Waals surface area (Å²) in [6, 6.07) is 8.52. The number of thiophene rings is 1. The van der Waals surface area contributed by atoms with Crippen molar-refractivity contribution in [2.75, 3.05) is 0 Å². The van der Waals surface area contributed by atoms with Crippen molar-refractivity contribution < 1.29 is 14.7 Å². The zero-order valence-electron chi connectivity index (χ0n) is 14.2. The molecule has 0 aliphatic rings. The SMILES string of the molecule is Cc1c(C(=O)NC(C)C(=O)O)sc2ncn(Cc3ccccc3)c(=O)c12. The fourth-order valence-electron chi connectivity index (χ4n) is 2.59. The Morgan fingerprint density at radius 2 is 2.00 bits per heavy atom. The second kappa shape index (κ2) is 7.09. The molecule has 0 radical (unpaired) electrons. The summed E-state index contributed by atoms with van der Waals surface area (Å²) in [5.41, 5.74) is 1.26. The van der Waals surface area contributed by atoms with E-state index in [1.165, 1.54) is 17.8 Å². The molecule has 0 aliphatic carbocycles. The Hall–Kier alpha value is -3.00. The molecule has 7 nitrogen and oxygen atoms in total. The van der Waals surface area contributed by atoms with Crippen LogP contribution in [-0.2, 0) is 11.3 Å². The van der Waals surface area contributed by atoms with Crippen LogP contribution in [0.4, 0.5) is 0 Å². The van der Waals surface area contributed by atoms with E-state index in [0.717, 1.165) is 16.9 Å². The highest BCUT2D eigenvalue weighted by molar-refractivity contribution is 7.20. The molecule has 0 fully saturated rings. The maximum absolute atomic E-state index is 12.8. The summed E-state index contributed by atoms with van der Waals surface area (Å²) in [6.07, 6.45) is 1.47. The van der Waals surface area contributed by atoms with Gasteiger partial charge in [-0.25, -0.2) is 4.98 Å². The normalized spacial score (nSPS) is 12.1. The maximum atomic E-state index is 12.8. The van der Waals surface area contributed by atoms with E-state index in [1.54, 1.807) is 6.92 Å². The van der Waals surface area contributed by atoms with E-state index in [-0.39, 0.29) is 5.56 Å². The average molecular weight is 371 g/mol. The molecule has 3 aromatic rings. The quantitative estimate of drug-likeness (QED) is 0.714. The summed E-state index contributed by atoms with van der Waals surface area (Å²) in [5, 5.41) is 11.7. The van der Waals surface area contributed by atoms with E-state index in [2.05, 4.69) is 10.3 Å². The van der Waals surface area contributed by atoms with Gasteiger partial charge in [0.05, 0.1) is 23.1 Å². The van der Waals surface area contributed by atoms with Crippen molar-refractivity contribution in [1.82, 2.24) is 14.9 Å².